The molecule has 0 fully saturated rings. The monoisotopic (exact) mass is 251 g/mol. The summed E-state index contributed by atoms with van der Waals surface area (Å²) in [4.78, 5) is 3.99. The normalized spacial score (nSPS) is 10.4. The summed E-state index contributed by atoms with van der Waals surface area (Å²) in [6.07, 6.45) is 5.48. The van der Waals surface area contributed by atoms with Crippen molar-refractivity contribution in [2.45, 2.75) is 6.54 Å². The number of hydrogen-bond donors (Lipinski definition) is 1. The summed E-state index contributed by atoms with van der Waals surface area (Å²) in [6.45, 7) is 0.783. The Hall–Kier alpha value is -1.29. The van der Waals surface area contributed by atoms with Crippen molar-refractivity contribution in [3.63, 3.8) is 0 Å². The van der Waals surface area contributed by atoms with E-state index in [1.54, 1.807) is 12.5 Å². The molecule has 72 valence electrons. The molecule has 1 heterocycles. The molecule has 0 aliphatic rings. The molecule has 0 unspecified atom stereocenters. The standard InChI is InChI=1S/C10H10BrN3/c11-10-8(2-1-3-9(10)12)6-14-5-4-13-7-14/h1-5,7H,6,12H2. The van der Waals surface area contributed by atoms with Gasteiger partial charge in [0.25, 0.3) is 0 Å². The number of nitrogens with zero attached hydrogens (tertiary/aromatic N) is 2. The van der Waals surface area contributed by atoms with Crippen LogP contribution >= 0.6 is 15.9 Å². The lowest BCUT2D eigenvalue weighted by atomic mass is 10.2. The average molecular weight is 252 g/mol. The lowest BCUT2D eigenvalue weighted by molar-refractivity contribution is 0.794. The van der Waals surface area contributed by atoms with Gasteiger partial charge in [-0.3, -0.25) is 0 Å². The van der Waals surface area contributed by atoms with Crippen LogP contribution in [0.15, 0.2) is 41.4 Å². The molecule has 3 nitrogen and oxygen atoms in total. The fourth-order valence-corrected chi connectivity index (χ4v) is 1.69. The van der Waals surface area contributed by atoms with Gasteiger partial charge in [0, 0.05) is 29.1 Å². The molecule has 1 aromatic carbocycles. The van der Waals surface area contributed by atoms with Gasteiger partial charge in [0.1, 0.15) is 0 Å². The van der Waals surface area contributed by atoms with Gasteiger partial charge >= 0.3 is 0 Å². The molecule has 4 heteroatoms. The smallest absolute Gasteiger partial charge is 0.0949 e. The summed E-state index contributed by atoms with van der Waals surface area (Å²) >= 11 is 3.47. The third-order valence-electron chi connectivity index (χ3n) is 2.02. The molecule has 2 aromatic rings. The molecule has 0 saturated carbocycles. The molecule has 0 atom stereocenters. The molecule has 0 amide bonds. The van der Waals surface area contributed by atoms with Crippen molar-refractivity contribution < 1.29 is 0 Å². The number of aromatic nitrogens is 2. The van der Waals surface area contributed by atoms with Crippen molar-refractivity contribution in [2.24, 2.45) is 0 Å². The predicted molar refractivity (Wildman–Crippen MR) is 59.9 cm³/mol. The number of nitrogen functional groups attached to an aromatic ring is 1. The Kier molecular flexibility index (Phi) is 2.54. The molecule has 0 saturated heterocycles. The van der Waals surface area contributed by atoms with Gasteiger partial charge in [-0.15, -0.1) is 0 Å². The first-order valence-corrected chi connectivity index (χ1v) is 5.05. The van der Waals surface area contributed by atoms with E-state index < -0.39 is 0 Å². The second-order valence-corrected chi connectivity index (χ2v) is 3.85. The minimum Gasteiger partial charge on any atom is -0.398 e. The van der Waals surface area contributed by atoms with Gasteiger partial charge in [0.15, 0.2) is 0 Å². The summed E-state index contributed by atoms with van der Waals surface area (Å²) in [5.41, 5.74) is 7.70. The van der Waals surface area contributed by atoms with Crippen molar-refractivity contribution in [2.75, 3.05) is 5.73 Å². The van der Waals surface area contributed by atoms with Gasteiger partial charge < -0.3 is 10.3 Å². The van der Waals surface area contributed by atoms with Crippen LogP contribution in [0.25, 0.3) is 0 Å². The Morgan fingerprint density at radius 2 is 2.29 bits per heavy atom. The summed E-state index contributed by atoms with van der Waals surface area (Å²) in [7, 11) is 0. The van der Waals surface area contributed by atoms with Gasteiger partial charge in [0.2, 0.25) is 0 Å². The van der Waals surface area contributed by atoms with Crippen LogP contribution in [0, 0.1) is 0 Å². The van der Waals surface area contributed by atoms with E-state index in [9.17, 15) is 0 Å². The Balaban J connectivity index is 2.29. The highest BCUT2D eigenvalue weighted by Crippen LogP contribution is 2.24. The van der Waals surface area contributed by atoms with Crippen LogP contribution in [0.4, 0.5) is 5.69 Å². The third-order valence-corrected chi connectivity index (χ3v) is 2.99. The molecule has 0 radical (unpaired) electrons. The number of imidazole rings is 1. The van der Waals surface area contributed by atoms with Crippen LogP contribution in [0.2, 0.25) is 0 Å². The number of hydrogen-bond acceptors (Lipinski definition) is 2. The average Bonchev–Trinajstić information content (AvgIpc) is 2.66. The fourth-order valence-electron chi connectivity index (χ4n) is 1.30. The summed E-state index contributed by atoms with van der Waals surface area (Å²) in [5.74, 6) is 0. The van der Waals surface area contributed by atoms with E-state index in [0.29, 0.717) is 0 Å². The van der Waals surface area contributed by atoms with Gasteiger partial charge in [-0.2, -0.15) is 0 Å². The van der Waals surface area contributed by atoms with Gasteiger partial charge in [-0.25, -0.2) is 4.98 Å². The third kappa shape index (κ3) is 1.80. The zero-order valence-corrected chi connectivity index (χ0v) is 9.11. The lowest BCUT2D eigenvalue weighted by Gasteiger charge is -2.06. The van der Waals surface area contributed by atoms with Crippen LogP contribution in [0.5, 0.6) is 0 Å². The second kappa shape index (κ2) is 3.84. The topological polar surface area (TPSA) is 43.8 Å². The summed E-state index contributed by atoms with van der Waals surface area (Å²) in [5, 5.41) is 0. The SMILES string of the molecule is Nc1cccc(Cn2ccnc2)c1Br. The number of benzene rings is 1. The molecule has 0 spiro atoms. The number of nitrogens with two attached hydrogens (primary N) is 1. The Bertz CT molecular complexity index is 423. The molecule has 0 bridgehead atoms. The van der Waals surface area contributed by atoms with E-state index in [4.69, 9.17) is 5.73 Å². The quantitative estimate of drug-likeness (QED) is 0.833. The van der Waals surface area contributed by atoms with Gasteiger partial charge in [-0.1, -0.05) is 12.1 Å². The first-order valence-electron chi connectivity index (χ1n) is 4.26. The van der Waals surface area contributed by atoms with Crippen LogP contribution < -0.4 is 5.73 Å². The Morgan fingerprint density at radius 1 is 1.43 bits per heavy atom. The summed E-state index contributed by atoms with van der Waals surface area (Å²) < 4.78 is 2.97. The molecule has 0 aliphatic heterocycles. The second-order valence-electron chi connectivity index (χ2n) is 3.06. The maximum absolute atomic E-state index is 5.78. The van der Waals surface area contributed by atoms with E-state index in [0.717, 1.165) is 22.3 Å². The molecule has 0 aliphatic carbocycles. The van der Waals surface area contributed by atoms with E-state index in [1.807, 2.05) is 29.0 Å². The Labute approximate surface area is 90.7 Å². The fraction of sp³-hybridized carbons (Fsp3) is 0.100. The molecular formula is C10H10BrN3. The van der Waals surface area contributed by atoms with Gasteiger partial charge in [-0.05, 0) is 27.6 Å². The summed E-state index contributed by atoms with van der Waals surface area (Å²) in [6, 6.07) is 5.87. The van der Waals surface area contributed by atoms with Gasteiger partial charge in [0.05, 0.1) is 6.33 Å². The first kappa shape index (κ1) is 9.27. The largest absolute Gasteiger partial charge is 0.398 e. The van der Waals surface area contributed by atoms with Crippen molar-refractivity contribution >= 4 is 21.6 Å². The lowest BCUT2D eigenvalue weighted by Crippen LogP contribution is -1.99. The highest BCUT2D eigenvalue weighted by molar-refractivity contribution is 9.10. The number of halogens is 1. The number of anilines is 1. The van der Waals surface area contributed by atoms with Crippen LogP contribution in [-0.2, 0) is 6.54 Å². The molecule has 2 N–H and O–H groups in total. The van der Waals surface area contributed by atoms with Crippen LogP contribution in [-0.4, -0.2) is 9.55 Å². The molecular weight excluding hydrogens is 242 g/mol. The molecule has 1 aromatic heterocycles. The minimum absolute atomic E-state index is 0.766. The number of rotatable bonds is 2. The molecule has 14 heavy (non-hydrogen) atoms. The maximum atomic E-state index is 5.78. The minimum atomic E-state index is 0.766. The van der Waals surface area contributed by atoms with Crippen LogP contribution in [0.3, 0.4) is 0 Å². The van der Waals surface area contributed by atoms with Crippen molar-refractivity contribution in [3.8, 4) is 0 Å². The highest BCUT2D eigenvalue weighted by Gasteiger charge is 2.02. The first-order chi connectivity index (χ1) is 6.77. The van der Waals surface area contributed by atoms with Crippen molar-refractivity contribution in [1.29, 1.82) is 0 Å². The van der Waals surface area contributed by atoms with E-state index in [2.05, 4.69) is 20.9 Å². The highest BCUT2D eigenvalue weighted by atomic mass is 79.9. The maximum Gasteiger partial charge on any atom is 0.0949 e. The Morgan fingerprint density at radius 3 is 3.00 bits per heavy atom. The van der Waals surface area contributed by atoms with E-state index in [1.165, 1.54) is 0 Å². The zero-order valence-electron chi connectivity index (χ0n) is 7.52. The van der Waals surface area contributed by atoms with Crippen molar-refractivity contribution in [1.82, 2.24) is 9.55 Å². The molecule has 2 rings (SSSR count). The van der Waals surface area contributed by atoms with Crippen LogP contribution in [0.1, 0.15) is 5.56 Å². The van der Waals surface area contributed by atoms with E-state index >= 15 is 0 Å². The van der Waals surface area contributed by atoms with E-state index in [-0.39, 0.29) is 0 Å². The van der Waals surface area contributed by atoms with Crippen molar-refractivity contribution in [3.05, 3.63) is 47.0 Å². The predicted octanol–water partition coefficient (Wildman–Crippen LogP) is 2.28. The zero-order chi connectivity index (χ0) is 9.97.